The minimum atomic E-state index is -0.575. The molecule has 3 fully saturated rings. The Hall–Kier alpha value is -3.64. The van der Waals surface area contributed by atoms with E-state index in [1.807, 2.05) is 65.6 Å². The molecule has 0 aromatic heterocycles. The molecule has 0 saturated carbocycles. The standard InChI is InChI=1S/C33H37N3O3/c1-39-33(38)29-20-28(35-19-11-16-26-21-34(23-30(26)35)27-17-9-4-10-18-27)22-36(29)32(37)31(24-12-5-2-6-13-24)25-14-7-3-8-15-25/h2-10,12-15,17-18,26,28-31H,11,16,19-23H2,1H3/t26-,28?,29-,30+/m0/s1. The van der Waals surface area contributed by atoms with E-state index in [-0.39, 0.29) is 17.9 Å². The van der Waals surface area contributed by atoms with Gasteiger partial charge in [0.05, 0.1) is 13.0 Å². The number of benzene rings is 3. The van der Waals surface area contributed by atoms with Crippen molar-refractivity contribution in [2.24, 2.45) is 5.92 Å². The first-order valence-electron chi connectivity index (χ1n) is 14.2. The third-order valence-electron chi connectivity index (χ3n) is 8.96. The molecule has 1 amide bonds. The second-order valence-electron chi connectivity index (χ2n) is 11.1. The fourth-order valence-electron chi connectivity index (χ4n) is 7.11. The summed E-state index contributed by atoms with van der Waals surface area (Å²) in [5, 5.41) is 0. The molecule has 3 aromatic carbocycles. The second-order valence-corrected chi connectivity index (χ2v) is 11.1. The number of esters is 1. The number of hydrogen-bond donors (Lipinski definition) is 0. The maximum absolute atomic E-state index is 14.4. The molecular weight excluding hydrogens is 486 g/mol. The van der Waals surface area contributed by atoms with Crippen molar-refractivity contribution >= 4 is 17.6 Å². The van der Waals surface area contributed by atoms with E-state index >= 15 is 0 Å². The zero-order chi connectivity index (χ0) is 26.8. The third-order valence-corrected chi connectivity index (χ3v) is 8.96. The van der Waals surface area contributed by atoms with Crippen molar-refractivity contribution in [1.82, 2.24) is 9.80 Å². The van der Waals surface area contributed by atoms with Crippen LogP contribution >= 0.6 is 0 Å². The number of anilines is 1. The number of carbonyl (C=O) groups excluding carboxylic acids is 2. The summed E-state index contributed by atoms with van der Waals surface area (Å²) < 4.78 is 5.24. The summed E-state index contributed by atoms with van der Waals surface area (Å²) in [6, 6.07) is 30.5. The summed E-state index contributed by atoms with van der Waals surface area (Å²) >= 11 is 0. The van der Waals surface area contributed by atoms with Crippen LogP contribution in [0.3, 0.4) is 0 Å². The number of ether oxygens (including phenoxy) is 1. The molecule has 3 aliphatic heterocycles. The van der Waals surface area contributed by atoms with Gasteiger partial charge in [-0.3, -0.25) is 9.69 Å². The average Bonchev–Trinajstić information content (AvgIpc) is 3.64. The largest absolute Gasteiger partial charge is 0.467 e. The molecule has 6 heteroatoms. The highest BCUT2D eigenvalue weighted by molar-refractivity contribution is 5.91. The molecule has 0 bridgehead atoms. The highest BCUT2D eigenvalue weighted by Gasteiger charge is 2.49. The first-order valence-corrected chi connectivity index (χ1v) is 14.2. The van der Waals surface area contributed by atoms with E-state index in [2.05, 4.69) is 40.1 Å². The molecule has 0 aliphatic carbocycles. The van der Waals surface area contributed by atoms with E-state index in [0.29, 0.717) is 24.9 Å². The van der Waals surface area contributed by atoms with Crippen LogP contribution in [0.15, 0.2) is 91.0 Å². The first kappa shape index (κ1) is 25.6. The number of para-hydroxylation sites is 1. The number of nitrogens with zero attached hydrogens (tertiary/aromatic N) is 3. The Morgan fingerprint density at radius 2 is 1.44 bits per heavy atom. The lowest BCUT2D eigenvalue weighted by Crippen LogP contribution is -2.51. The van der Waals surface area contributed by atoms with Gasteiger partial charge in [-0.1, -0.05) is 78.9 Å². The second kappa shape index (κ2) is 11.2. The topological polar surface area (TPSA) is 53.1 Å². The fraction of sp³-hybridized carbons (Fsp3) is 0.394. The SMILES string of the molecule is COC(=O)[C@@H]1CC(N2CCC[C@H]3CN(c4ccccc4)C[C@H]32)CN1C(=O)C(c1ccccc1)c1ccccc1. The number of hydrogen-bond acceptors (Lipinski definition) is 5. The van der Waals surface area contributed by atoms with Crippen LogP contribution in [0.4, 0.5) is 5.69 Å². The molecule has 1 unspecified atom stereocenters. The lowest BCUT2D eigenvalue weighted by Gasteiger charge is -2.40. The molecule has 202 valence electrons. The van der Waals surface area contributed by atoms with Crippen molar-refractivity contribution < 1.29 is 14.3 Å². The van der Waals surface area contributed by atoms with E-state index in [0.717, 1.165) is 37.2 Å². The number of amides is 1. The van der Waals surface area contributed by atoms with Crippen LogP contribution in [-0.2, 0) is 14.3 Å². The molecule has 3 heterocycles. The van der Waals surface area contributed by atoms with E-state index in [1.54, 1.807) is 0 Å². The van der Waals surface area contributed by atoms with Crippen LogP contribution in [0.5, 0.6) is 0 Å². The molecular formula is C33H37N3O3. The number of rotatable bonds is 6. The van der Waals surface area contributed by atoms with Crippen molar-refractivity contribution in [3.8, 4) is 0 Å². The van der Waals surface area contributed by atoms with E-state index in [9.17, 15) is 9.59 Å². The fourth-order valence-corrected chi connectivity index (χ4v) is 7.11. The Balaban J connectivity index is 1.27. The van der Waals surface area contributed by atoms with Gasteiger partial charge in [-0.25, -0.2) is 4.79 Å². The van der Waals surface area contributed by atoms with Crippen LogP contribution in [0.2, 0.25) is 0 Å². The van der Waals surface area contributed by atoms with Crippen molar-refractivity contribution in [2.75, 3.05) is 38.2 Å². The van der Waals surface area contributed by atoms with Crippen molar-refractivity contribution in [1.29, 1.82) is 0 Å². The van der Waals surface area contributed by atoms with Gasteiger partial charge in [-0.15, -0.1) is 0 Å². The van der Waals surface area contributed by atoms with Gasteiger partial charge in [0.2, 0.25) is 5.91 Å². The molecule has 0 radical (unpaired) electrons. The number of fused-ring (bicyclic) bond motifs is 1. The zero-order valence-corrected chi connectivity index (χ0v) is 22.6. The van der Waals surface area contributed by atoms with Crippen molar-refractivity contribution in [3.63, 3.8) is 0 Å². The van der Waals surface area contributed by atoms with E-state index in [4.69, 9.17) is 4.74 Å². The zero-order valence-electron chi connectivity index (χ0n) is 22.6. The Morgan fingerprint density at radius 3 is 2.05 bits per heavy atom. The van der Waals surface area contributed by atoms with Crippen LogP contribution in [0, 0.1) is 5.92 Å². The molecule has 39 heavy (non-hydrogen) atoms. The van der Waals surface area contributed by atoms with Gasteiger partial charge >= 0.3 is 5.97 Å². The van der Waals surface area contributed by atoms with Crippen LogP contribution in [-0.4, -0.2) is 73.1 Å². The minimum absolute atomic E-state index is 0.0313. The molecule has 6 rings (SSSR count). The van der Waals surface area contributed by atoms with Gasteiger partial charge in [0.15, 0.2) is 0 Å². The normalized spacial score (nSPS) is 25.1. The number of carbonyl (C=O) groups is 2. The van der Waals surface area contributed by atoms with Crippen molar-refractivity contribution in [2.45, 2.75) is 43.3 Å². The van der Waals surface area contributed by atoms with Gasteiger partial charge in [-0.2, -0.15) is 0 Å². The molecule has 6 nitrogen and oxygen atoms in total. The average molecular weight is 524 g/mol. The molecule has 3 aliphatic rings. The summed E-state index contributed by atoms with van der Waals surface area (Å²) in [6.45, 7) is 3.60. The molecule has 4 atom stereocenters. The first-order chi connectivity index (χ1) is 19.1. The molecule has 3 aromatic rings. The summed E-state index contributed by atoms with van der Waals surface area (Å²) in [5.74, 6) is -0.220. The van der Waals surface area contributed by atoms with Gasteiger partial charge in [0.25, 0.3) is 0 Å². The van der Waals surface area contributed by atoms with Gasteiger partial charge in [0, 0.05) is 37.4 Å². The third kappa shape index (κ3) is 5.06. The highest BCUT2D eigenvalue weighted by atomic mass is 16.5. The Bertz CT molecular complexity index is 1230. The lowest BCUT2D eigenvalue weighted by molar-refractivity contribution is -0.151. The monoisotopic (exact) mass is 523 g/mol. The quantitative estimate of drug-likeness (QED) is 0.444. The summed E-state index contributed by atoms with van der Waals surface area (Å²) in [7, 11) is 1.43. The summed E-state index contributed by atoms with van der Waals surface area (Å²) in [6.07, 6.45) is 2.99. The van der Waals surface area contributed by atoms with Gasteiger partial charge < -0.3 is 14.5 Å². The summed E-state index contributed by atoms with van der Waals surface area (Å²) in [4.78, 5) is 34.4. The van der Waals surface area contributed by atoms with E-state index < -0.39 is 12.0 Å². The predicted octanol–water partition coefficient (Wildman–Crippen LogP) is 4.56. The number of likely N-dealkylation sites (tertiary alicyclic amines) is 2. The van der Waals surface area contributed by atoms with Gasteiger partial charge in [0.1, 0.15) is 6.04 Å². The molecule has 0 spiro atoms. The minimum Gasteiger partial charge on any atom is -0.467 e. The summed E-state index contributed by atoms with van der Waals surface area (Å²) in [5.41, 5.74) is 3.15. The number of piperidine rings is 1. The Kier molecular flexibility index (Phi) is 7.38. The maximum atomic E-state index is 14.4. The highest BCUT2D eigenvalue weighted by Crippen LogP contribution is 2.38. The van der Waals surface area contributed by atoms with Crippen LogP contribution in [0.1, 0.15) is 36.3 Å². The van der Waals surface area contributed by atoms with Crippen molar-refractivity contribution in [3.05, 3.63) is 102 Å². The van der Waals surface area contributed by atoms with Gasteiger partial charge in [-0.05, 0) is 55.0 Å². The molecule has 0 N–H and O–H groups in total. The van der Waals surface area contributed by atoms with E-state index in [1.165, 1.54) is 19.2 Å². The predicted molar refractivity (Wildman–Crippen MR) is 153 cm³/mol. The van der Waals surface area contributed by atoms with Crippen LogP contribution < -0.4 is 4.90 Å². The lowest BCUT2D eigenvalue weighted by atomic mass is 9.90. The Morgan fingerprint density at radius 1 is 0.821 bits per heavy atom. The number of methoxy groups -OCH3 is 1. The maximum Gasteiger partial charge on any atom is 0.328 e. The molecule has 3 saturated heterocycles. The van der Waals surface area contributed by atoms with Crippen LogP contribution in [0.25, 0.3) is 0 Å². The smallest absolute Gasteiger partial charge is 0.328 e. The Labute approximate surface area is 231 Å².